The summed E-state index contributed by atoms with van der Waals surface area (Å²) in [4.78, 5) is 33.3. The zero-order valence-electron chi connectivity index (χ0n) is 10.1. The van der Waals surface area contributed by atoms with Gasteiger partial charge in [-0.15, -0.1) is 11.8 Å². The fourth-order valence-corrected chi connectivity index (χ4v) is 1.78. The Morgan fingerprint density at radius 1 is 1.15 bits per heavy atom. The first-order valence-corrected chi connectivity index (χ1v) is 6.45. The SMILES string of the molecule is N#CCSCC(=O)Nc1cc(C(=O)O)cc(C(=O)O)c1. The molecule has 0 aliphatic rings. The summed E-state index contributed by atoms with van der Waals surface area (Å²) in [7, 11) is 0. The molecule has 1 aromatic rings. The smallest absolute Gasteiger partial charge is 0.335 e. The van der Waals surface area contributed by atoms with Crippen molar-refractivity contribution in [3.63, 3.8) is 0 Å². The molecule has 0 unspecified atom stereocenters. The van der Waals surface area contributed by atoms with E-state index in [0.29, 0.717) is 0 Å². The third-order valence-electron chi connectivity index (χ3n) is 2.11. The monoisotopic (exact) mass is 294 g/mol. The molecular weight excluding hydrogens is 284 g/mol. The number of carboxylic acids is 2. The van der Waals surface area contributed by atoms with Gasteiger partial charge >= 0.3 is 11.9 Å². The fourth-order valence-electron chi connectivity index (χ4n) is 1.33. The van der Waals surface area contributed by atoms with E-state index in [-0.39, 0.29) is 28.3 Å². The molecule has 20 heavy (non-hydrogen) atoms. The maximum absolute atomic E-state index is 11.5. The number of anilines is 1. The van der Waals surface area contributed by atoms with Crippen molar-refractivity contribution in [2.75, 3.05) is 16.8 Å². The molecule has 0 saturated carbocycles. The average molecular weight is 294 g/mol. The predicted octanol–water partition coefficient (Wildman–Crippen LogP) is 1.28. The second kappa shape index (κ2) is 7.16. The summed E-state index contributed by atoms with van der Waals surface area (Å²) < 4.78 is 0. The van der Waals surface area contributed by atoms with E-state index in [1.165, 1.54) is 12.1 Å². The molecule has 1 amide bonds. The van der Waals surface area contributed by atoms with Gasteiger partial charge in [0.1, 0.15) is 0 Å². The highest BCUT2D eigenvalue weighted by atomic mass is 32.2. The van der Waals surface area contributed by atoms with Crippen molar-refractivity contribution >= 4 is 35.3 Å². The lowest BCUT2D eigenvalue weighted by atomic mass is 10.1. The lowest BCUT2D eigenvalue weighted by Crippen LogP contribution is -2.15. The van der Waals surface area contributed by atoms with Crippen molar-refractivity contribution in [3.05, 3.63) is 29.3 Å². The number of rotatable bonds is 6. The highest BCUT2D eigenvalue weighted by molar-refractivity contribution is 8.00. The van der Waals surface area contributed by atoms with Crippen molar-refractivity contribution in [1.82, 2.24) is 0 Å². The van der Waals surface area contributed by atoms with E-state index in [9.17, 15) is 14.4 Å². The minimum absolute atomic E-state index is 0.0211. The van der Waals surface area contributed by atoms with Crippen LogP contribution < -0.4 is 5.32 Å². The predicted molar refractivity (Wildman–Crippen MR) is 71.9 cm³/mol. The summed E-state index contributed by atoms with van der Waals surface area (Å²) in [5.41, 5.74) is -0.375. The van der Waals surface area contributed by atoms with Crippen LogP contribution in [-0.2, 0) is 4.79 Å². The van der Waals surface area contributed by atoms with Crippen LogP contribution in [0.2, 0.25) is 0 Å². The molecule has 3 N–H and O–H groups in total. The molecular formula is C12H10N2O5S. The van der Waals surface area contributed by atoms with E-state index in [2.05, 4.69) is 5.32 Å². The highest BCUT2D eigenvalue weighted by Crippen LogP contribution is 2.16. The average Bonchev–Trinajstić information content (AvgIpc) is 2.38. The Hall–Kier alpha value is -2.53. The second-order valence-corrected chi connectivity index (χ2v) is 4.59. The van der Waals surface area contributed by atoms with Gasteiger partial charge in [0.25, 0.3) is 0 Å². The van der Waals surface area contributed by atoms with E-state index in [4.69, 9.17) is 15.5 Å². The molecule has 1 aromatic carbocycles. The number of benzene rings is 1. The minimum Gasteiger partial charge on any atom is -0.478 e. The first-order valence-electron chi connectivity index (χ1n) is 5.30. The lowest BCUT2D eigenvalue weighted by molar-refractivity contribution is -0.113. The molecule has 7 nitrogen and oxygen atoms in total. The maximum atomic E-state index is 11.5. The molecule has 0 aliphatic carbocycles. The molecule has 0 saturated heterocycles. The molecule has 0 atom stereocenters. The number of amides is 1. The Labute approximate surface area is 118 Å². The van der Waals surface area contributed by atoms with E-state index >= 15 is 0 Å². The molecule has 0 fully saturated rings. The van der Waals surface area contributed by atoms with Gasteiger partial charge in [-0.25, -0.2) is 9.59 Å². The number of hydrogen-bond donors (Lipinski definition) is 3. The largest absolute Gasteiger partial charge is 0.478 e. The van der Waals surface area contributed by atoms with Crippen LogP contribution in [0.3, 0.4) is 0 Å². The zero-order chi connectivity index (χ0) is 15.1. The summed E-state index contributed by atoms with van der Waals surface area (Å²) in [6, 6.07) is 5.20. The number of carbonyl (C=O) groups excluding carboxylic acids is 1. The normalized spacial score (nSPS) is 9.55. The van der Waals surface area contributed by atoms with Gasteiger partial charge in [-0.3, -0.25) is 4.79 Å². The number of nitriles is 1. The van der Waals surface area contributed by atoms with Crippen molar-refractivity contribution in [2.24, 2.45) is 0 Å². The molecule has 1 rings (SSSR count). The summed E-state index contributed by atoms with van der Waals surface area (Å²) in [5, 5.41) is 28.5. The van der Waals surface area contributed by atoms with Crippen LogP contribution in [-0.4, -0.2) is 39.6 Å². The van der Waals surface area contributed by atoms with Crippen LogP contribution in [0.25, 0.3) is 0 Å². The Kier molecular flexibility index (Phi) is 5.56. The first kappa shape index (κ1) is 15.5. The van der Waals surface area contributed by atoms with Crippen molar-refractivity contribution in [1.29, 1.82) is 5.26 Å². The number of aromatic carboxylic acids is 2. The Balaban J connectivity index is 2.89. The van der Waals surface area contributed by atoms with Crippen LogP contribution in [0, 0.1) is 11.3 Å². The molecule has 0 aliphatic heterocycles. The number of nitrogens with zero attached hydrogens (tertiary/aromatic N) is 1. The van der Waals surface area contributed by atoms with Crippen LogP contribution in [0.15, 0.2) is 18.2 Å². The fraction of sp³-hybridized carbons (Fsp3) is 0.167. The number of carboxylic acid groups (broad SMARTS) is 2. The summed E-state index contributed by atoms with van der Waals surface area (Å²) in [6.07, 6.45) is 0. The van der Waals surface area contributed by atoms with Crippen molar-refractivity contribution < 1.29 is 24.6 Å². The topological polar surface area (TPSA) is 127 Å². The number of carbonyl (C=O) groups is 3. The molecule has 104 valence electrons. The summed E-state index contributed by atoms with van der Waals surface area (Å²) in [6.45, 7) is 0. The van der Waals surface area contributed by atoms with E-state index in [1.807, 2.05) is 6.07 Å². The quantitative estimate of drug-likeness (QED) is 0.674. The maximum Gasteiger partial charge on any atom is 0.335 e. The van der Waals surface area contributed by atoms with E-state index < -0.39 is 17.8 Å². The Morgan fingerprint density at radius 3 is 2.15 bits per heavy atom. The van der Waals surface area contributed by atoms with Gasteiger partial charge in [-0.05, 0) is 18.2 Å². The molecule has 8 heteroatoms. The lowest BCUT2D eigenvalue weighted by Gasteiger charge is -2.07. The standard InChI is InChI=1S/C12H10N2O5S/c13-1-2-20-6-10(15)14-9-4-7(11(16)17)3-8(5-9)12(18)19/h3-5H,2,6H2,(H,14,15)(H,16,17)(H,18,19). The summed E-state index contributed by atoms with van der Waals surface area (Å²) in [5.74, 6) is -2.84. The van der Waals surface area contributed by atoms with Crippen LogP contribution >= 0.6 is 11.8 Å². The third-order valence-corrected chi connectivity index (χ3v) is 2.91. The third kappa shape index (κ3) is 4.62. The molecule has 0 aromatic heterocycles. The van der Waals surface area contributed by atoms with E-state index in [1.54, 1.807) is 0 Å². The Morgan fingerprint density at radius 2 is 1.70 bits per heavy atom. The van der Waals surface area contributed by atoms with Gasteiger partial charge in [0.05, 0.1) is 28.7 Å². The van der Waals surface area contributed by atoms with Crippen molar-refractivity contribution in [3.8, 4) is 6.07 Å². The van der Waals surface area contributed by atoms with E-state index in [0.717, 1.165) is 17.8 Å². The highest BCUT2D eigenvalue weighted by Gasteiger charge is 2.12. The van der Waals surface area contributed by atoms with Gasteiger partial charge < -0.3 is 15.5 Å². The zero-order valence-corrected chi connectivity index (χ0v) is 10.9. The van der Waals surface area contributed by atoms with Crippen LogP contribution in [0.5, 0.6) is 0 Å². The number of thioether (sulfide) groups is 1. The Bertz CT molecular complexity index is 562. The van der Waals surface area contributed by atoms with Crippen LogP contribution in [0.4, 0.5) is 5.69 Å². The number of nitrogens with one attached hydrogen (secondary N) is 1. The van der Waals surface area contributed by atoms with Crippen LogP contribution in [0.1, 0.15) is 20.7 Å². The molecule has 0 radical (unpaired) electrons. The van der Waals surface area contributed by atoms with Gasteiger partial charge in [0.15, 0.2) is 0 Å². The summed E-state index contributed by atoms with van der Waals surface area (Å²) >= 11 is 1.10. The second-order valence-electron chi connectivity index (χ2n) is 3.61. The van der Waals surface area contributed by atoms with Gasteiger partial charge in [0.2, 0.25) is 5.91 Å². The van der Waals surface area contributed by atoms with Crippen molar-refractivity contribution in [2.45, 2.75) is 0 Å². The molecule has 0 bridgehead atoms. The van der Waals surface area contributed by atoms with Gasteiger partial charge in [0, 0.05) is 5.69 Å². The molecule has 0 heterocycles. The molecule has 0 spiro atoms. The number of hydrogen-bond acceptors (Lipinski definition) is 5. The minimum atomic E-state index is -1.29. The van der Waals surface area contributed by atoms with Gasteiger partial charge in [-0.1, -0.05) is 0 Å². The van der Waals surface area contributed by atoms with Gasteiger partial charge in [-0.2, -0.15) is 5.26 Å². The first-order chi connectivity index (χ1) is 9.43.